The van der Waals surface area contributed by atoms with Gasteiger partial charge in [-0.25, -0.2) is 0 Å². The van der Waals surface area contributed by atoms with Crippen LogP contribution in [0.2, 0.25) is 0 Å². The molecule has 0 amide bonds. The molecule has 1 fully saturated rings. The summed E-state index contributed by atoms with van der Waals surface area (Å²) in [5.41, 5.74) is 0.687. The average molecular weight is 354 g/mol. The second kappa shape index (κ2) is 6.93. The van der Waals surface area contributed by atoms with E-state index in [1.54, 1.807) is 0 Å². The van der Waals surface area contributed by atoms with Gasteiger partial charge in [-0.3, -0.25) is 9.69 Å². The number of carboxylic acid groups (broad SMARTS) is 1. The fourth-order valence-corrected chi connectivity index (χ4v) is 3.68. The van der Waals surface area contributed by atoms with Crippen molar-refractivity contribution in [1.29, 1.82) is 0 Å². The Labute approximate surface area is 135 Å². The van der Waals surface area contributed by atoms with Crippen LogP contribution in [0.1, 0.15) is 51.1 Å². The van der Waals surface area contributed by atoms with Gasteiger partial charge in [0.1, 0.15) is 0 Å². The van der Waals surface area contributed by atoms with E-state index in [9.17, 15) is 9.90 Å². The maximum atomic E-state index is 11.8. The Morgan fingerprint density at radius 1 is 1.43 bits per heavy atom. The number of nitrogens with zero attached hydrogens (tertiary/aromatic N) is 1. The molecule has 0 aliphatic carbocycles. The summed E-state index contributed by atoms with van der Waals surface area (Å²) in [7, 11) is 0. The first kappa shape index (κ1) is 16.5. The van der Waals surface area contributed by atoms with Gasteiger partial charge in [0.05, 0.1) is 5.41 Å². The van der Waals surface area contributed by atoms with Crippen molar-refractivity contribution < 1.29 is 9.90 Å². The molecule has 1 saturated heterocycles. The third kappa shape index (κ3) is 3.67. The highest BCUT2D eigenvalue weighted by Gasteiger charge is 2.42. The van der Waals surface area contributed by atoms with Gasteiger partial charge in [0.2, 0.25) is 0 Å². The van der Waals surface area contributed by atoms with Crippen molar-refractivity contribution >= 4 is 21.9 Å². The fourth-order valence-electron chi connectivity index (χ4n) is 3.41. The Morgan fingerprint density at radius 2 is 2.10 bits per heavy atom. The molecule has 1 heterocycles. The van der Waals surface area contributed by atoms with Crippen LogP contribution in [0.15, 0.2) is 28.7 Å². The summed E-state index contributed by atoms with van der Waals surface area (Å²) in [5, 5.41) is 9.69. The highest BCUT2D eigenvalue weighted by Crippen LogP contribution is 2.38. The average Bonchev–Trinajstić information content (AvgIpc) is 2.48. The molecule has 21 heavy (non-hydrogen) atoms. The van der Waals surface area contributed by atoms with Crippen LogP contribution in [0.3, 0.4) is 0 Å². The minimum Gasteiger partial charge on any atom is -0.481 e. The summed E-state index contributed by atoms with van der Waals surface area (Å²) in [5.74, 6) is -0.628. The Balaban J connectivity index is 2.16. The van der Waals surface area contributed by atoms with Crippen LogP contribution in [0.4, 0.5) is 0 Å². The van der Waals surface area contributed by atoms with Gasteiger partial charge < -0.3 is 5.11 Å². The lowest BCUT2D eigenvalue weighted by molar-refractivity contribution is -0.154. The van der Waals surface area contributed by atoms with E-state index in [1.807, 2.05) is 12.1 Å². The Morgan fingerprint density at radius 3 is 2.67 bits per heavy atom. The van der Waals surface area contributed by atoms with Crippen molar-refractivity contribution in [2.45, 2.75) is 45.6 Å². The fraction of sp³-hybridized carbons (Fsp3) is 0.588. The van der Waals surface area contributed by atoms with Gasteiger partial charge >= 0.3 is 5.97 Å². The topological polar surface area (TPSA) is 40.5 Å². The van der Waals surface area contributed by atoms with Crippen LogP contribution in [0, 0.1) is 5.41 Å². The van der Waals surface area contributed by atoms with Crippen LogP contribution < -0.4 is 0 Å². The lowest BCUT2D eigenvalue weighted by Gasteiger charge is -2.42. The van der Waals surface area contributed by atoms with Gasteiger partial charge in [-0.1, -0.05) is 41.4 Å². The minimum atomic E-state index is -0.628. The number of piperidine rings is 1. The zero-order valence-corrected chi connectivity index (χ0v) is 14.4. The molecule has 2 unspecified atom stereocenters. The Kier molecular flexibility index (Phi) is 5.44. The Bertz CT molecular complexity index is 484. The molecular formula is C17H24BrNO2. The number of hydrogen-bond acceptors (Lipinski definition) is 2. The summed E-state index contributed by atoms with van der Waals surface area (Å²) >= 11 is 3.46. The van der Waals surface area contributed by atoms with Crippen molar-refractivity contribution in [3.05, 3.63) is 34.3 Å². The molecule has 1 aromatic carbocycles. The first-order valence-electron chi connectivity index (χ1n) is 7.71. The largest absolute Gasteiger partial charge is 0.481 e. The van der Waals surface area contributed by atoms with Crippen LogP contribution in [0.5, 0.6) is 0 Å². The van der Waals surface area contributed by atoms with Crippen molar-refractivity contribution in [2.24, 2.45) is 5.41 Å². The van der Waals surface area contributed by atoms with Crippen molar-refractivity contribution in [1.82, 2.24) is 4.90 Å². The highest BCUT2D eigenvalue weighted by molar-refractivity contribution is 9.10. The van der Waals surface area contributed by atoms with E-state index in [1.165, 1.54) is 5.56 Å². The van der Waals surface area contributed by atoms with Gasteiger partial charge in [0.15, 0.2) is 0 Å². The molecule has 1 N–H and O–H groups in total. The zero-order chi connectivity index (χ0) is 15.5. The van der Waals surface area contributed by atoms with E-state index in [4.69, 9.17) is 0 Å². The molecule has 4 heteroatoms. The molecule has 116 valence electrons. The van der Waals surface area contributed by atoms with Crippen molar-refractivity contribution in [3.8, 4) is 0 Å². The lowest BCUT2D eigenvalue weighted by atomic mass is 9.76. The molecular weight excluding hydrogens is 330 g/mol. The molecule has 0 bridgehead atoms. The number of carboxylic acids is 1. The molecule has 1 aromatic rings. The minimum absolute atomic E-state index is 0.258. The van der Waals surface area contributed by atoms with Gasteiger partial charge in [-0.15, -0.1) is 0 Å². The van der Waals surface area contributed by atoms with Crippen molar-refractivity contribution in [3.63, 3.8) is 0 Å². The number of likely N-dealkylation sites (tertiary alicyclic amines) is 1. The molecule has 2 atom stereocenters. The first-order valence-corrected chi connectivity index (χ1v) is 8.51. The summed E-state index contributed by atoms with van der Waals surface area (Å²) < 4.78 is 1.07. The number of benzene rings is 1. The van der Waals surface area contributed by atoms with E-state index >= 15 is 0 Å². The van der Waals surface area contributed by atoms with E-state index < -0.39 is 11.4 Å². The van der Waals surface area contributed by atoms with Crippen LogP contribution in [0.25, 0.3) is 0 Å². The van der Waals surface area contributed by atoms with Gasteiger partial charge in [-0.2, -0.15) is 0 Å². The summed E-state index contributed by atoms with van der Waals surface area (Å²) in [6.45, 7) is 5.89. The molecule has 2 rings (SSSR count). The number of aliphatic carboxylic acids is 1. The second-order valence-electron chi connectivity index (χ2n) is 6.14. The third-order valence-corrected chi connectivity index (χ3v) is 5.22. The number of carbonyl (C=O) groups is 1. The molecule has 0 spiro atoms. The van der Waals surface area contributed by atoms with Gasteiger partial charge in [0, 0.05) is 17.1 Å². The van der Waals surface area contributed by atoms with Crippen LogP contribution in [-0.2, 0) is 4.79 Å². The molecule has 0 aromatic heterocycles. The smallest absolute Gasteiger partial charge is 0.310 e. The predicted molar refractivity (Wildman–Crippen MR) is 88.3 cm³/mol. The first-order chi connectivity index (χ1) is 9.98. The van der Waals surface area contributed by atoms with Crippen molar-refractivity contribution in [2.75, 3.05) is 13.1 Å². The third-order valence-electron chi connectivity index (χ3n) is 4.69. The highest BCUT2D eigenvalue weighted by atomic mass is 79.9. The van der Waals surface area contributed by atoms with Gasteiger partial charge in [-0.05, 0) is 50.4 Å². The van der Waals surface area contributed by atoms with E-state index in [0.717, 1.165) is 36.7 Å². The SMILES string of the molecule is CCCC1(C(=O)O)CCCN(C(C)c2ccc(Br)cc2)C1. The quantitative estimate of drug-likeness (QED) is 0.848. The maximum Gasteiger partial charge on any atom is 0.310 e. The maximum absolute atomic E-state index is 11.8. The predicted octanol–water partition coefficient (Wildman–Crippen LogP) is 4.48. The van der Waals surface area contributed by atoms with Crippen LogP contribution >= 0.6 is 15.9 Å². The number of rotatable bonds is 5. The summed E-state index contributed by atoms with van der Waals surface area (Å²) in [4.78, 5) is 14.1. The molecule has 3 nitrogen and oxygen atoms in total. The van der Waals surface area contributed by atoms with E-state index in [-0.39, 0.29) is 6.04 Å². The molecule has 0 saturated carbocycles. The molecule has 1 aliphatic heterocycles. The summed E-state index contributed by atoms with van der Waals surface area (Å²) in [6, 6.07) is 8.59. The van der Waals surface area contributed by atoms with E-state index in [2.05, 4.69) is 46.8 Å². The van der Waals surface area contributed by atoms with Crippen LogP contribution in [-0.4, -0.2) is 29.1 Å². The zero-order valence-electron chi connectivity index (χ0n) is 12.8. The molecule has 0 radical (unpaired) electrons. The number of hydrogen-bond donors (Lipinski definition) is 1. The monoisotopic (exact) mass is 353 g/mol. The second-order valence-corrected chi connectivity index (χ2v) is 7.05. The molecule has 1 aliphatic rings. The van der Waals surface area contributed by atoms with Gasteiger partial charge in [0.25, 0.3) is 0 Å². The summed E-state index contributed by atoms with van der Waals surface area (Å²) in [6.07, 6.45) is 3.46. The number of halogens is 1. The normalized spacial score (nSPS) is 24.7. The lowest BCUT2D eigenvalue weighted by Crippen LogP contribution is -2.48. The Hall–Kier alpha value is -0.870. The van der Waals surface area contributed by atoms with E-state index in [0.29, 0.717) is 6.54 Å². The standard InChI is InChI=1S/C17H24BrNO2/c1-3-9-17(16(20)21)10-4-11-19(12-17)13(2)14-5-7-15(18)8-6-14/h5-8,13H,3-4,9-12H2,1-2H3,(H,20,21).